The van der Waals surface area contributed by atoms with Gasteiger partial charge in [0.25, 0.3) is 5.91 Å². The maximum absolute atomic E-state index is 12.1. The van der Waals surface area contributed by atoms with Crippen molar-refractivity contribution in [1.29, 1.82) is 0 Å². The summed E-state index contributed by atoms with van der Waals surface area (Å²) < 4.78 is 5.02. The average molecular weight is 334 g/mol. The van der Waals surface area contributed by atoms with Crippen molar-refractivity contribution in [2.45, 2.75) is 39.5 Å². The predicted octanol–water partition coefficient (Wildman–Crippen LogP) is 2.60. The number of hydrogen-bond acceptors (Lipinski definition) is 4. The standard InChI is InChI=1S/C18H26N2O4/c1-4-15(14-8-6-5-7-9-14)17(22)24-12-16(21)20-18(23)19-11-10-13(2)3/h5-9,13,15H,4,10-12H2,1-3H3,(H2,19,20,21,23)/t15-/m1/s1. The van der Waals surface area contributed by atoms with Gasteiger partial charge in [-0.25, -0.2) is 4.79 Å². The number of esters is 1. The molecule has 0 aromatic heterocycles. The first kappa shape index (κ1) is 19.7. The van der Waals surface area contributed by atoms with Crippen LogP contribution in [-0.2, 0) is 14.3 Å². The fourth-order valence-electron chi connectivity index (χ4n) is 2.14. The van der Waals surface area contributed by atoms with Crippen LogP contribution in [0.25, 0.3) is 0 Å². The first-order chi connectivity index (χ1) is 11.4. The summed E-state index contributed by atoms with van der Waals surface area (Å²) in [4.78, 5) is 35.3. The minimum absolute atomic E-state index is 0.418. The molecule has 0 heterocycles. The Morgan fingerprint density at radius 3 is 2.38 bits per heavy atom. The summed E-state index contributed by atoms with van der Waals surface area (Å²) in [6.07, 6.45) is 1.39. The Balaban J connectivity index is 2.37. The van der Waals surface area contributed by atoms with E-state index >= 15 is 0 Å². The summed E-state index contributed by atoms with van der Waals surface area (Å²) in [5.74, 6) is -1.07. The van der Waals surface area contributed by atoms with E-state index in [0.717, 1.165) is 12.0 Å². The Kier molecular flexibility index (Phi) is 8.54. The lowest BCUT2D eigenvalue weighted by atomic mass is 9.97. The van der Waals surface area contributed by atoms with E-state index in [1.54, 1.807) is 0 Å². The number of imide groups is 1. The molecule has 0 aliphatic rings. The van der Waals surface area contributed by atoms with Crippen molar-refractivity contribution in [3.8, 4) is 0 Å². The minimum Gasteiger partial charge on any atom is -0.455 e. The first-order valence-corrected chi connectivity index (χ1v) is 8.23. The number of nitrogens with one attached hydrogen (secondary N) is 2. The van der Waals surface area contributed by atoms with Gasteiger partial charge in [-0.3, -0.25) is 14.9 Å². The smallest absolute Gasteiger partial charge is 0.321 e. The molecule has 0 bridgehead atoms. The summed E-state index contributed by atoms with van der Waals surface area (Å²) >= 11 is 0. The van der Waals surface area contributed by atoms with Crippen molar-refractivity contribution in [3.63, 3.8) is 0 Å². The fourth-order valence-corrected chi connectivity index (χ4v) is 2.14. The van der Waals surface area contributed by atoms with Crippen LogP contribution >= 0.6 is 0 Å². The number of carbonyl (C=O) groups excluding carboxylic acids is 3. The molecule has 2 N–H and O–H groups in total. The number of benzene rings is 1. The highest BCUT2D eigenvalue weighted by Gasteiger charge is 2.21. The second-order valence-corrected chi connectivity index (χ2v) is 5.97. The molecule has 3 amide bonds. The molecule has 1 rings (SSSR count). The molecule has 6 nitrogen and oxygen atoms in total. The van der Waals surface area contributed by atoms with Gasteiger partial charge >= 0.3 is 12.0 Å². The van der Waals surface area contributed by atoms with Gasteiger partial charge in [-0.1, -0.05) is 51.1 Å². The van der Waals surface area contributed by atoms with E-state index in [9.17, 15) is 14.4 Å². The van der Waals surface area contributed by atoms with Crippen LogP contribution < -0.4 is 10.6 Å². The van der Waals surface area contributed by atoms with Crippen molar-refractivity contribution in [2.24, 2.45) is 5.92 Å². The van der Waals surface area contributed by atoms with Gasteiger partial charge in [0.1, 0.15) is 0 Å². The van der Waals surface area contributed by atoms with Crippen LogP contribution in [0, 0.1) is 5.92 Å². The van der Waals surface area contributed by atoms with E-state index in [2.05, 4.69) is 10.6 Å². The second-order valence-electron chi connectivity index (χ2n) is 5.97. The maximum atomic E-state index is 12.1. The molecule has 132 valence electrons. The third kappa shape index (κ3) is 7.26. The van der Waals surface area contributed by atoms with E-state index in [0.29, 0.717) is 18.9 Å². The molecule has 0 aliphatic heterocycles. The van der Waals surface area contributed by atoms with Crippen molar-refractivity contribution in [1.82, 2.24) is 10.6 Å². The number of urea groups is 1. The van der Waals surface area contributed by atoms with E-state index < -0.39 is 30.4 Å². The molecule has 0 radical (unpaired) electrons. The van der Waals surface area contributed by atoms with Crippen molar-refractivity contribution in [2.75, 3.05) is 13.2 Å². The Morgan fingerprint density at radius 2 is 1.79 bits per heavy atom. The fraction of sp³-hybridized carbons (Fsp3) is 0.500. The van der Waals surface area contributed by atoms with Crippen LogP contribution in [0.4, 0.5) is 4.79 Å². The lowest BCUT2D eigenvalue weighted by molar-refractivity contribution is -0.149. The monoisotopic (exact) mass is 334 g/mol. The van der Waals surface area contributed by atoms with Gasteiger partial charge in [-0.2, -0.15) is 0 Å². The summed E-state index contributed by atoms with van der Waals surface area (Å²) in [5, 5.41) is 4.72. The Morgan fingerprint density at radius 1 is 1.12 bits per heavy atom. The summed E-state index contributed by atoms with van der Waals surface area (Å²) in [7, 11) is 0. The number of ether oxygens (including phenoxy) is 1. The third-order valence-electron chi connectivity index (χ3n) is 3.50. The minimum atomic E-state index is -0.645. The van der Waals surface area contributed by atoms with Gasteiger partial charge in [0, 0.05) is 6.54 Å². The third-order valence-corrected chi connectivity index (χ3v) is 3.50. The lowest BCUT2D eigenvalue weighted by Gasteiger charge is -2.14. The SMILES string of the molecule is CC[C@@H](C(=O)OCC(=O)NC(=O)NCCC(C)C)c1ccccc1. The molecule has 6 heteroatoms. The van der Waals surface area contributed by atoms with E-state index in [1.807, 2.05) is 51.1 Å². The number of rotatable bonds is 8. The Bertz CT molecular complexity index is 543. The molecule has 1 atom stereocenters. The molecule has 0 fully saturated rings. The largest absolute Gasteiger partial charge is 0.455 e. The highest BCUT2D eigenvalue weighted by atomic mass is 16.5. The van der Waals surface area contributed by atoms with Crippen LogP contribution in [0.15, 0.2) is 30.3 Å². The average Bonchev–Trinajstić information content (AvgIpc) is 2.54. The van der Waals surface area contributed by atoms with E-state index in [1.165, 1.54) is 0 Å². The first-order valence-electron chi connectivity index (χ1n) is 8.23. The van der Waals surface area contributed by atoms with Gasteiger partial charge in [0.05, 0.1) is 5.92 Å². The predicted molar refractivity (Wildman–Crippen MR) is 91.4 cm³/mol. The molecule has 24 heavy (non-hydrogen) atoms. The van der Waals surface area contributed by atoms with Gasteiger partial charge in [-0.15, -0.1) is 0 Å². The molecule has 0 spiro atoms. The van der Waals surface area contributed by atoms with Crippen LogP contribution in [-0.4, -0.2) is 31.1 Å². The molecular formula is C18H26N2O4. The Hall–Kier alpha value is -2.37. The molecule has 0 saturated heterocycles. The zero-order valence-electron chi connectivity index (χ0n) is 14.5. The molecule has 1 aromatic rings. The molecule has 0 unspecified atom stereocenters. The summed E-state index contributed by atoms with van der Waals surface area (Å²) in [6, 6.07) is 8.67. The van der Waals surface area contributed by atoms with Crippen LogP contribution in [0.1, 0.15) is 45.1 Å². The second kappa shape index (κ2) is 10.4. The molecule has 1 aromatic carbocycles. The van der Waals surface area contributed by atoms with Crippen molar-refractivity contribution >= 4 is 17.9 Å². The van der Waals surface area contributed by atoms with Crippen molar-refractivity contribution in [3.05, 3.63) is 35.9 Å². The number of carbonyl (C=O) groups is 3. The lowest BCUT2D eigenvalue weighted by Crippen LogP contribution is -2.42. The summed E-state index contributed by atoms with van der Waals surface area (Å²) in [5.41, 5.74) is 0.844. The van der Waals surface area contributed by atoms with E-state index in [4.69, 9.17) is 4.74 Å². The quantitative estimate of drug-likeness (QED) is 0.716. The zero-order valence-corrected chi connectivity index (χ0v) is 14.5. The normalized spacial score (nSPS) is 11.7. The van der Waals surface area contributed by atoms with Gasteiger partial charge in [-0.05, 0) is 24.3 Å². The van der Waals surface area contributed by atoms with Crippen LogP contribution in [0.2, 0.25) is 0 Å². The summed E-state index contributed by atoms with van der Waals surface area (Å²) in [6.45, 7) is 5.98. The molecule has 0 saturated carbocycles. The molecule has 0 aliphatic carbocycles. The maximum Gasteiger partial charge on any atom is 0.321 e. The number of amides is 3. The highest BCUT2D eigenvalue weighted by molar-refractivity contribution is 5.95. The zero-order chi connectivity index (χ0) is 17.9. The van der Waals surface area contributed by atoms with Crippen LogP contribution in [0.5, 0.6) is 0 Å². The Labute approximate surface area is 143 Å². The van der Waals surface area contributed by atoms with Gasteiger partial charge < -0.3 is 10.1 Å². The van der Waals surface area contributed by atoms with Crippen LogP contribution in [0.3, 0.4) is 0 Å². The van der Waals surface area contributed by atoms with Crippen molar-refractivity contribution < 1.29 is 19.1 Å². The molecular weight excluding hydrogens is 308 g/mol. The van der Waals surface area contributed by atoms with E-state index in [-0.39, 0.29) is 0 Å². The van der Waals surface area contributed by atoms with Gasteiger partial charge in [0.2, 0.25) is 0 Å². The number of hydrogen-bond donors (Lipinski definition) is 2. The van der Waals surface area contributed by atoms with Gasteiger partial charge in [0.15, 0.2) is 6.61 Å². The topological polar surface area (TPSA) is 84.5 Å². The highest BCUT2D eigenvalue weighted by Crippen LogP contribution is 2.20.